The van der Waals surface area contributed by atoms with Gasteiger partial charge in [0.25, 0.3) is 0 Å². The van der Waals surface area contributed by atoms with E-state index in [4.69, 9.17) is 5.73 Å². The second-order valence-electron chi connectivity index (χ2n) is 3.30. The highest BCUT2D eigenvalue weighted by atomic mass is 79.9. The van der Waals surface area contributed by atoms with Crippen LogP contribution in [0.4, 0.5) is 14.6 Å². The van der Waals surface area contributed by atoms with Crippen molar-refractivity contribution in [2.24, 2.45) is 7.05 Å². The van der Waals surface area contributed by atoms with Crippen LogP contribution in [0.15, 0.2) is 22.7 Å². The fourth-order valence-electron chi connectivity index (χ4n) is 1.34. The van der Waals surface area contributed by atoms with Crippen molar-refractivity contribution in [2.45, 2.75) is 0 Å². The summed E-state index contributed by atoms with van der Waals surface area (Å²) in [5.74, 6) is -0.918. The van der Waals surface area contributed by atoms with Crippen LogP contribution in [0.1, 0.15) is 0 Å². The normalized spacial score (nSPS) is 10.8. The largest absolute Gasteiger partial charge is 0.384 e. The molecule has 84 valence electrons. The average Bonchev–Trinajstić information content (AvgIpc) is 2.56. The minimum Gasteiger partial charge on any atom is -0.384 e. The van der Waals surface area contributed by atoms with E-state index in [1.807, 2.05) is 0 Å². The highest BCUT2D eigenvalue weighted by Crippen LogP contribution is 2.29. The Balaban J connectivity index is 2.61. The minimum atomic E-state index is -0.682. The van der Waals surface area contributed by atoms with E-state index >= 15 is 0 Å². The van der Waals surface area contributed by atoms with Crippen LogP contribution in [0.5, 0.6) is 0 Å². The summed E-state index contributed by atoms with van der Waals surface area (Å²) in [6.07, 6.45) is 0. The van der Waals surface area contributed by atoms with Gasteiger partial charge in [-0.3, -0.25) is 4.68 Å². The number of hydrogen-bond acceptors (Lipinski definition) is 2. The first kappa shape index (κ1) is 11.1. The Labute approximate surface area is 99.0 Å². The third-order valence-corrected chi connectivity index (χ3v) is 2.95. The van der Waals surface area contributed by atoms with Crippen molar-refractivity contribution in [1.82, 2.24) is 9.78 Å². The summed E-state index contributed by atoms with van der Waals surface area (Å²) in [6.45, 7) is 0. The maximum absolute atomic E-state index is 13.7. The zero-order chi connectivity index (χ0) is 11.9. The summed E-state index contributed by atoms with van der Waals surface area (Å²) in [7, 11) is 1.65. The summed E-state index contributed by atoms with van der Waals surface area (Å²) in [6, 6.07) is 4.04. The molecule has 0 spiro atoms. The van der Waals surface area contributed by atoms with Crippen molar-refractivity contribution < 1.29 is 8.78 Å². The van der Waals surface area contributed by atoms with E-state index in [2.05, 4.69) is 21.0 Å². The number of halogens is 3. The number of rotatable bonds is 1. The van der Waals surface area contributed by atoms with Gasteiger partial charge < -0.3 is 5.73 Å². The summed E-state index contributed by atoms with van der Waals surface area (Å²) in [4.78, 5) is 0. The van der Waals surface area contributed by atoms with Crippen LogP contribution in [0.3, 0.4) is 0 Å². The average molecular weight is 288 g/mol. The first-order chi connectivity index (χ1) is 7.50. The topological polar surface area (TPSA) is 43.8 Å². The molecule has 0 saturated carbocycles. The molecule has 6 heteroatoms. The zero-order valence-corrected chi connectivity index (χ0v) is 9.92. The van der Waals surface area contributed by atoms with Gasteiger partial charge in [0.15, 0.2) is 0 Å². The molecule has 0 saturated heterocycles. The molecule has 0 aliphatic heterocycles. The van der Waals surface area contributed by atoms with E-state index in [0.29, 0.717) is 11.5 Å². The number of aryl methyl sites for hydroxylation is 1. The summed E-state index contributed by atoms with van der Waals surface area (Å²) >= 11 is 2.84. The highest BCUT2D eigenvalue weighted by molar-refractivity contribution is 9.10. The minimum absolute atomic E-state index is 0.200. The zero-order valence-electron chi connectivity index (χ0n) is 8.34. The molecule has 2 N–H and O–H groups in total. The van der Waals surface area contributed by atoms with Gasteiger partial charge in [0.1, 0.15) is 17.5 Å². The summed E-state index contributed by atoms with van der Waals surface area (Å²) in [5.41, 5.74) is 6.17. The van der Waals surface area contributed by atoms with Gasteiger partial charge in [-0.25, -0.2) is 8.78 Å². The van der Waals surface area contributed by atoms with Crippen molar-refractivity contribution >= 4 is 21.7 Å². The van der Waals surface area contributed by atoms with Crippen LogP contribution in [0, 0.1) is 11.6 Å². The predicted molar refractivity (Wildman–Crippen MR) is 60.7 cm³/mol. The lowest BCUT2D eigenvalue weighted by Gasteiger charge is -2.02. The van der Waals surface area contributed by atoms with Crippen molar-refractivity contribution in [2.75, 3.05) is 5.73 Å². The first-order valence-corrected chi connectivity index (χ1v) is 5.23. The Morgan fingerprint density at radius 1 is 1.38 bits per heavy atom. The molecule has 1 heterocycles. The summed E-state index contributed by atoms with van der Waals surface area (Å²) < 4.78 is 28.0. The molecule has 1 aromatic carbocycles. The predicted octanol–water partition coefficient (Wildman–Crippen LogP) is 2.71. The van der Waals surface area contributed by atoms with E-state index in [-0.39, 0.29) is 10.0 Å². The van der Waals surface area contributed by atoms with Crippen molar-refractivity contribution in [3.8, 4) is 11.3 Å². The second-order valence-corrected chi connectivity index (χ2v) is 4.09. The van der Waals surface area contributed by atoms with Crippen LogP contribution in [0.25, 0.3) is 11.3 Å². The Morgan fingerprint density at radius 3 is 2.62 bits per heavy atom. The molecule has 2 rings (SSSR count). The quantitative estimate of drug-likeness (QED) is 0.820. The number of aromatic nitrogens is 2. The lowest BCUT2D eigenvalue weighted by molar-refractivity contribution is 0.573. The van der Waals surface area contributed by atoms with E-state index in [1.54, 1.807) is 7.05 Å². The number of benzene rings is 1. The van der Waals surface area contributed by atoms with Crippen LogP contribution in [-0.2, 0) is 7.05 Å². The number of nitrogen functional groups attached to an aromatic ring is 1. The number of nitrogens with two attached hydrogens (primary N) is 1. The molecule has 16 heavy (non-hydrogen) atoms. The smallest absolute Gasteiger partial charge is 0.149 e. The second kappa shape index (κ2) is 3.86. The molecule has 0 amide bonds. The van der Waals surface area contributed by atoms with E-state index in [0.717, 1.165) is 0 Å². The Bertz CT molecular complexity index is 532. The lowest BCUT2D eigenvalue weighted by Crippen LogP contribution is -1.97. The summed E-state index contributed by atoms with van der Waals surface area (Å²) in [5, 5.41) is 4.02. The van der Waals surface area contributed by atoms with Gasteiger partial charge in [-0.2, -0.15) is 5.10 Å². The van der Waals surface area contributed by atoms with Gasteiger partial charge >= 0.3 is 0 Å². The van der Waals surface area contributed by atoms with Gasteiger partial charge in [-0.1, -0.05) is 0 Å². The van der Waals surface area contributed by atoms with Gasteiger partial charge in [0.2, 0.25) is 0 Å². The Morgan fingerprint density at radius 2 is 2.06 bits per heavy atom. The molecular formula is C10H8BrF2N3. The molecule has 0 fully saturated rings. The molecular weight excluding hydrogens is 280 g/mol. The molecule has 2 aromatic rings. The third-order valence-electron chi connectivity index (χ3n) is 2.23. The van der Waals surface area contributed by atoms with E-state index in [1.165, 1.54) is 22.9 Å². The van der Waals surface area contributed by atoms with Gasteiger partial charge in [-0.15, -0.1) is 0 Å². The van der Waals surface area contributed by atoms with Crippen LogP contribution in [0.2, 0.25) is 0 Å². The van der Waals surface area contributed by atoms with Crippen LogP contribution >= 0.6 is 15.9 Å². The monoisotopic (exact) mass is 287 g/mol. The highest BCUT2D eigenvalue weighted by Gasteiger charge is 2.15. The van der Waals surface area contributed by atoms with Gasteiger partial charge in [-0.05, 0) is 28.1 Å². The van der Waals surface area contributed by atoms with Crippen molar-refractivity contribution in [3.05, 3.63) is 34.3 Å². The SMILES string of the molecule is Cn1nc(-c2ccc(F)c(Br)c2F)cc1N. The van der Waals surface area contributed by atoms with Gasteiger partial charge in [0.05, 0.1) is 10.2 Å². The molecule has 3 nitrogen and oxygen atoms in total. The Hall–Kier alpha value is -1.43. The maximum Gasteiger partial charge on any atom is 0.149 e. The molecule has 0 atom stereocenters. The standard InChI is InChI=1S/C10H8BrF2N3/c1-16-8(14)4-7(15-16)5-2-3-6(12)9(11)10(5)13/h2-4H,14H2,1H3. The van der Waals surface area contributed by atoms with Crippen LogP contribution < -0.4 is 5.73 Å². The fourth-order valence-corrected chi connectivity index (χ4v) is 1.68. The molecule has 0 aliphatic carbocycles. The van der Waals surface area contributed by atoms with Crippen molar-refractivity contribution in [1.29, 1.82) is 0 Å². The maximum atomic E-state index is 13.7. The van der Waals surface area contributed by atoms with E-state index < -0.39 is 11.6 Å². The van der Waals surface area contributed by atoms with E-state index in [9.17, 15) is 8.78 Å². The first-order valence-electron chi connectivity index (χ1n) is 4.44. The molecule has 0 aliphatic rings. The molecule has 0 bridgehead atoms. The molecule has 0 unspecified atom stereocenters. The fraction of sp³-hybridized carbons (Fsp3) is 0.100. The lowest BCUT2D eigenvalue weighted by atomic mass is 10.1. The number of anilines is 1. The van der Waals surface area contributed by atoms with Crippen molar-refractivity contribution in [3.63, 3.8) is 0 Å². The Kier molecular flexibility index (Phi) is 2.67. The molecule has 1 aromatic heterocycles. The van der Waals surface area contributed by atoms with Gasteiger partial charge in [0, 0.05) is 18.7 Å². The third kappa shape index (κ3) is 1.69. The number of nitrogens with zero attached hydrogens (tertiary/aromatic N) is 2. The molecule has 0 radical (unpaired) electrons. The van der Waals surface area contributed by atoms with Crippen LogP contribution in [-0.4, -0.2) is 9.78 Å². The number of hydrogen-bond donors (Lipinski definition) is 1.